The smallest absolute Gasteiger partial charge is 0.165 e. The van der Waals surface area contributed by atoms with E-state index < -0.39 is 0 Å². The molecule has 0 aliphatic heterocycles. The van der Waals surface area contributed by atoms with Gasteiger partial charge in [0.1, 0.15) is 11.2 Å². The zero-order valence-electron chi connectivity index (χ0n) is 29.9. The quantitative estimate of drug-likeness (QED) is 0.169. The van der Waals surface area contributed by atoms with E-state index in [-0.39, 0.29) is 0 Å². The third kappa shape index (κ3) is 4.75. The van der Waals surface area contributed by atoms with Crippen molar-refractivity contribution in [2.75, 3.05) is 0 Å². The van der Waals surface area contributed by atoms with Crippen LogP contribution in [0, 0.1) is 0 Å². The minimum Gasteiger partial charge on any atom is -0.455 e. The third-order valence-corrected chi connectivity index (χ3v) is 12.3. The van der Waals surface area contributed by atoms with Crippen LogP contribution in [0.4, 0.5) is 0 Å². The van der Waals surface area contributed by atoms with Crippen LogP contribution in [0.5, 0.6) is 0 Å². The van der Waals surface area contributed by atoms with Crippen molar-refractivity contribution in [1.29, 1.82) is 0 Å². The molecule has 9 aromatic carbocycles. The number of hydrogen-bond acceptors (Lipinski definition) is 5. The van der Waals surface area contributed by atoms with Gasteiger partial charge in [0, 0.05) is 53.2 Å². The van der Waals surface area contributed by atoms with E-state index in [1.54, 1.807) is 11.3 Å². The van der Waals surface area contributed by atoms with Crippen molar-refractivity contribution in [3.05, 3.63) is 176 Å². The molecule has 0 amide bonds. The summed E-state index contributed by atoms with van der Waals surface area (Å²) in [7, 11) is 0. The van der Waals surface area contributed by atoms with Gasteiger partial charge < -0.3 is 4.42 Å². The molecule has 12 aromatic rings. The lowest BCUT2D eigenvalue weighted by atomic mass is 9.92. The number of para-hydroxylation sites is 1. The van der Waals surface area contributed by atoms with E-state index in [0.29, 0.717) is 17.5 Å². The molecule has 0 aliphatic carbocycles. The van der Waals surface area contributed by atoms with E-state index in [0.717, 1.165) is 49.8 Å². The molecule has 0 unspecified atom stereocenters. The molecule has 3 heterocycles. The van der Waals surface area contributed by atoms with Gasteiger partial charge in [-0.25, -0.2) is 15.0 Å². The number of furan rings is 1. The maximum atomic E-state index is 6.71. The molecule has 3 aromatic heterocycles. The third-order valence-electron chi connectivity index (χ3n) is 11.1. The van der Waals surface area contributed by atoms with Gasteiger partial charge in [0.15, 0.2) is 17.5 Å². The van der Waals surface area contributed by atoms with Gasteiger partial charge in [0.25, 0.3) is 0 Å². The van der Waals surface area contributed by atoms with Crippen LogP contribution in [-0.4, -0.2) is 15.0 Å². The summed E-state index contributed by atoms with van der Waals surface area (Å²) in [5.74, 6) is 1.91. The molecule has 0 atom stereocenters. The molecule has 0 aliphatic rings. The fraction of sp³-hybridized carbons (Fsp3) is 0. The molecule has 4 nitrogen and oxygen atoms in total. The molecule has 260 valence electrons. The summed E-state index contributed by atoms with van der Waals surface area (Å²) in [6, 6.07) is 62.1. The van der Waals surface area contributed by atoms with E-state index in [4.69, 9.17) is 19.4 Å². The lowest BCUT2D eigenvalue weighted by Crippen LogP contribution is -2.00. The summed E-state index contributed by atoms with van der Waals surface area (Å²) in [5.41, 5.74) is 6.70. The van der Waals surface area contributed by atoms with Crippen LogP contribution >= 0.6 is 11.3 Å². The Kier molecular flexibility index (Phi) is 6.76. The topological polar surface area (TPSA) is 51.8 Å². The van der Waals surface area contributed by atoms with Crippen LogP contribution in [-0.2, 0) is 0 Å². The summed E-state index contributed by atoms with van der Waals surface area (Å²) >= 11 is 1.78. The lowest BCUT2D eigenvalue weighted by molar-refractivity contribution is 0.670. The minimum atomic E-state index is 0.619. The van der Waals surface area contributed by atoms with Crippen molar-refractivity contribution >= 4 is 85.8 Å². The molecule has 0 saturated carbocycles. The molecule has 0 N–H and O–H groups in total. The van der Waals surface area contributed by atoms with E-state index in [1.165, 1.54) is 52.5 Å². The summed E-state index contributed by atoms with van der Waals surface area (Å²) in [6.45, 7) is 0. The molecular weight excluding hydrogens is 703 g/mol. The standard InChI is InChI=1S/C51H29N3OS/c1-2-12-30(13-3-1)49-52-50(54-51(53-49)42-22-11-21-41-39-18-8-9-23-46(39)56-48(41)42)32-25-27-45-44(29-32)40-20-10-19-33(47(40)55-45)31-24-26-38-36-16-5-4-14-34(36)35-15-6-7-17-37(35)43(38)28-31/h1-29H. The van der Waals surface area contributed by atoms with Crippen molar-refractivity contribution in [1.82, 2.24) is 15.0 Å². The Morgan fingerprint density at radius 2 is 0.893 bits per heavy atom. The molecule has 0 spiro atoms. The van der Waals surface area contributed by atoms with Crippen molar-refractivity contribution in [3.8, 4) is 45.3 Å². The maximum absolute atomic E-state index is 6.71. The Labute approximate surface area is 325 Å². The van der Waals surface area contributed by atoms with Gasteiger partial charge in [-0.3, -0.25) is 0 Å². The number of rotatable bonds is 4. The average molecular weight is 732 g/mol. The molecule has 56 heavy (non-hydrogen) atoms. The van der Waals surface area contributed by atoms with Gasteiger partial charge in [-0.1, -0.05) is 140 Å². The van der Waals surface area contributed by atoms with Crippen LogP contribution in [0.1, 0.15) is 0 Å². The van der Waals surface area contributed by atoms with E-state index in [1.807, 2.05) is 24.3 Å². The van der Waals surface area contributed by atoms with Crippen LogP contribution in [0.15, 0.2) is 180 Å². The molecule has 0 bridgehead atoms. The van der Waals surface area contributed by atoms with Gasteiger partial charge in [-0.2, -0.15) is 0 Å². The average Bonchev–Trinajstić information content (AvgIpc) is 3.85. The van der Waals surface area contributed by atoms with Crippen molar-refractivity contribution < 1.29 is 4.42 Å². The van der Waals surface area contributed by atoms with E-state index >= 15 is 0 Å². The highest BCUT2D eigenvalue weighted by molar-refractivity contribution is 7.26. The second-order valence-electron chi connectivity index (χ2n) is 14.3. The lowest BCUT2D eigenvalue weighted by Gasteiger charge is -2.12. The normalized spacial score (nSPS) is 11.9. The highest BCUT2D eigenvalue weighted by Gasteiger charge is 2.19. The molecule has 0 saturated heterocycles. The Morgan fingerprint density at radius 3 is 1.66 bits per heavy atom. The molecule has 12 rings (SSSR count). The van der Waals surface area contributed by atoms with Gasteiger partial charge in [-0.15, -0.1) is 11.3 Å². The summed E-state index contributed by atoms with van der Waals surface area (Å²) in [6.07, 6.45) is 0. The number of nitrogens with zero attached hydrogens (tertiary/aromatic N) is 3. The SMILES string of the molecule is c1ccc(-c2nc(-c3ccc4oc5c(-c6ccc7c8ccccc8c8ccccc8c7c6)cccc5c4c3)nc(-c3cccc4c3sc3ccccc34)n2)cc1. The minimum absolute atomic E-state index is 0.619. The summed E-state index contributed by atoms with van der Waals surface area (Å²) < 4.78 is 9.13. The second-order valence-corrected chi connectivity index (χ2v) is 15.4. The zero-order valence-corrected chi connectivity index (χ0v) is 30.7. The molecule has 0 fully saturated rings. The predicted octanol–water partition coefficient (Wildman–Crippen LogP) is 14.3. The molecular formula is C51H29N3OS. The highest BCUT2D eigenvalue weighted by atomic mass is 32.1. The first-order valence-corrected chi connectivity index (χ1v) is 19.6. The fourth-order valence-corrected chi connectivity index (χ4v) is 9.72. The van der Waals surface area contributed by atoms with Gasteiger partial charge in [0.05, 0.1) is 0 Å². The highest BCUT2D eigenvalue weighted by Crippen LogP contribution is 2.42. The van der Waals surface area contributed by atoms with E-state index in [2.05, 4.69) is 152 Å². The summed E-state index contributed by atoms with van der Waals surface area (Å²) in [5, 5.41) is 12.1. The van der Waals surface area contributed by atoms with Gasteiger partial charge in [-0.05, 0) is 74.3 Å². The molecule has 5 heteroatoms. The van der Waals surface area contributed by atoms with Crippen LogP contribution in [0.2, 0.25) is 0 Å². The zero-order chi connectivity index (χ0) is 36.7. The predicted molar refractivity (Wildman–Crippen MR) is 234 cm³/mol. The first kappa shape index (κ1) is 31.2. The Morgan fingerprint density at radius 1 is 0.339 bits per heavy atom. The van der Waals surface area contributed by atoms with Crippen molar-refractivity contribution in [2.24, 2.45) is 0 Å². The first-order valence-electron chi connectivity index (χ1n) is 18.8. The number of benzene rings is 9. The number of aromatic nitrogens is 3. The van der Waals surface area contributed by atoms with Crippen LogP contribution < -0.4 is 0 Å². The summed E-state index contributed by atoms with van der Waals surface area (Å²) in [4.78, 5) is 15.4. The van der Waals surface area contributed by atoms with Crippen LogP contribution in [0.3, 0.4) is 0 Å². The number of thiophene rings is 1. The Hall–Kier alpha value is -7.21. The Balaban J connectivity index is 1.03. The monoisotopic (exact) mass is 731 g/mol. The maximum Gasteiger partial charge on any atom is 0.165 e. The largest absolute Gasteiger partial charge is 0.455 e. The first-order chi connectivity index (χ1) is 27.7. The van der Waals surface area contributed by atoms with Crippen LogP contribution in [0.25, 0.3) is 120 Å². The van der Waals surface area contributed by atoms with Gasteiger partial charge >= 0.3 is 0 Å². The molecule has 0 radical (unpaired) electrons. The van der Waals surface area contributed by atoms with E-state index in [9.17, 15) is 0 Å². The number of fused-ring (bicyclic) bond motifs is 12. The number of hydrogen-bond donors (Lipinski definition) is 0. The van der Waals surface area contributed by atoms with Gasteiger partial charge in [0.2, 0.25) is 0 Å². The van der Waals surface area contributed by atoms with Crippen molar-refractivity contribution in [2.45, 2.75) is 0 Å². The Bertz CT molecular complexity index is 3510. The fourth-order valence-electron chi connectivity index (χ4n) is 8.51. The second kappa shape index (κ2) is 12.2. The van der Waals surface area contributed by atoms with Crippen molar-refractivity contribution in [3.63, 3.8) is 0 Å².